The van der Waals surface area contributed by atoms with E-state index in [1.165, 1.54) is 12.8 Å². The summed E-state index contributed by atoms with van der Waals surface area (Å²) in [5.41, 5.74) is 0. The van der Waals surface area contributed by atoms with E-state index >= 15 is 0 Å². The van der Waals surface area contributed by atoms with Crippen molar-refractivity contribution in [1.29, 1.82) is 5.26 Å². The third-order valence-electron chi connectivity index (χ3n) is 2.31. The summed E-state index contributed by atoms with van der Waals surface area (Å²) in [4.78, 5) is 0. The van der Waals surface area contributed by atoms with E-state index in [4.69, 9.17) is 5.26 Å². The van der Waals surface area contributed by atoms with E-state index in [1.807, 2.05) is 6.92 Å². The molecule has 1 N–H and O–H groups in total. The number of hydrogen-bond donors (Lipinski definition) is 1. The van der Waals surface area contributed by atoms with Crippen LogP contribution >= 0.6 is 23.1 Å². The lowest BCUT2D eigenvalue weighted by Crippen LogP contribution is -2.29. The summed E-state index contributed by atoms with van der Waals surface area (Å²) in [6.45, 7) is 1.95. The molecule has 2 rings (SSSR count). The first-order valence-electron chi connectivity index (χ1n) is 5.36. The van der Waals surface area contributed by atoms with Gasteiger partial charge >= 0.3 is 0 Å². The van der Waals surface area contributed by atoms with Gasteiger partial charge in [0.05, 0.1) is 12.1 Å². The van der Waals surface area contributed by atoms with Gasteiger partial charge in [0.25, 0.3) is 0 Å². The maximum Gasteiger partial charge on any atom is 0.174 e. The molecule has 0 bridgehead atoms. The summed E-state index contributed by atoms with van der Waals surface area (Å²) in [6, 6.07) is 2.90. The molecule has 0 radical (unpaired) electrons. The smallest absolute Gasteiger partial charge is 0.174 e. The van der Waals surface area contributed by atoms with E-state index in [-0.39, 0.29) is 6.04 Å². The molecular formula is C10H14N4S2. The van der Waals surface area contributed by atoms with Crippen molar-refractivity contribution in [3.05, 3.63) is 5.01 Å². The lowest BCUT2D eigenvalue weighted by Gasteiger charge is -2.08. The van der Waals surface area contributed by atoms with Gasteiger partial charge in [0.15, 0.2) is 4.34 Å². The molecule has 1 fully saturated rings. The second-order valence-corrected chi connectivity index (χ2v) is 6.37. The number of aryl methyl sites for hydroxylation is 1. The van der Waals surface area contributed by atoms with Crippen LogP contribution in [0.4, 0.5) is 0 Å². The monoisotopic (exact) mass is 254 g/mol. The van der Waals surface area contributed by atoms with Gasteiger partial charge in [-0.3, -0.25) is 5.32 Å². The Hall–Kier alpha value is -0.640. The van der Waals surface area contributed by atoms with Crippen molar-refractivity contribution in [3.63, 3.8) is 0 Å². The van der Waals surface area contributed by atoms with Crippen molar-refractivity contribution in [2.24, 2.45) is 0 Å². The summed E-state index contributed by atoms with van der Waals surface area (Å²) in [5.74, 6) is 0.923. The minimum atomic E-state index is -0.00554. The maximum absolute atomic E-state index is 8.96. The molecule has 4 nitrogen and oxygen atoms in total. The third-order valence-corrected chi connectivity index (χ3v) is 4.31. The molecule has 16 heavy (non-hydrogen) atoms. The fourth-order valence-electron chi connectivity index (χ4n) is 1.32. The van der Waals surface area contributed by atoms with E-state index in [0.29, 0.717) is 6.04 Å². The Morgan fingerprint density at radius 2 is 2.44 bits per heavy atom. The summed E-state index contributed by atoms with van der Waals surface area (Å²) in [7, 11) is 0. The molecule has 0 spiro atoms. The first-order chi connectivity index (χ1) is 7.78. The predicted octanol–water partition coefficient (Wildman–Crippen LogP) is 1.97. The molecule has 86 valence electrons. The Morgan fingerprint density at radius 3 is 3.00 bits per heavy atom. The fraction of sp³-hybridized carbons (Fsp3) is 0.700. The number of nitrogens with one attached hydrogen (secondary N) is 1. The molecule has 1 saturated carbocycles. The molecule has 0 saturated heterocycles. The van der Waals surface area contributed by atoms with Gasteiger partial charge in [0.1, 0.15) is 5.01 Å². The van der Waals surface area contributed by atoms with Crippen LogP contribution in [0.3, 0.4) is 0 Å². The Kier molecular flexibility index (Phi) is 4.16. The van der Waals surface area contributed by atoms with Crippen LogP contribution in [0.2, 0.25) is 0 Å². The van der Waals surface area contributed by atoms with Crippen molar-refractivity contribution >= 4 is 23.1 Å². The Morgan fingerprint density at radius 1 is 1.62 bits per heavy atom. The lowest BCUT2D eigenvalue weighted by molar-refractivity contribution is 0.587. The van der Waals surface area contributed by atoms with Crippen molar-refractivity contribution in [2.75, 3.05) is 5.75 Å². The zero-order chi connectivity index (χ0) is 11.4. The van der Waals surface area contributed by atoms with Crippen LogP contribution in [-0.2, 0) is 0 Å². The molecule has 1 unspecified atom stereocenters. The average molecular weight is 254 g/mol. The van der Waals surface area contributed by atoms with Gasteiger partial charge < -0.3 is 0 Å². The van der Waals surface area contributed by atoms with E-state index < -0.39 is 0 Å². The molecule has 1 atom stereocenters. The minimum Gasteiger partial charge on any atom is -0.299 e. The fourth-order valence-corrected chi connectivity index (χ4v) is 3.21. The van der Waals surface area contributed by atoms with Crippen LogP contribution in [0.15, 0.2) is 4.34 Å². The Balaban J connectivity index is 1.67. The molecule has 1 aromatic heterocycles. The van der Waals surface area contributed by atoms with E-state index in [1.54, 1.807) is 23.1 Å². The molecule has 6 heteroatoms. The zero-order valence-electron chi connectivity index (χ0n) is 9.14. The molecule has 1 heterocycles. The second-order valence-electron chi connectivity index (χ2n) is 3.85. The van der Waals surface area contributed by atoms with E-state index in [2.05, 4.69) is 21.6 Å². The largest absolute Gasteiger partial charge is 0.299 e. The van der Waals surface area contributed by atoms with Crippen LogP contribution in [0.5, 0.6) is 0 Å². The summed E-state index contributed by atoms with van der Waals surface area (Å²) < 4.78 is 1.00. The van der Waals surface area contributed by atoms with E-state index in [9.17, 15) is 0 Å². The highest BCUT2D eigenvalue weighted by Crippen LogP contribution is 2.24. The van der Waals surface area contributed by atoms with Crippen LogP contribution in [-0.4, -0.2) is 28.0 Å². The summed E-state index contributed by atoms with van der Waals surface area (Å²) in [6.07, 6.45) is 3.32. The number of nitriles is 1. The molecule has 0 aromatic carbocycles. The van der Waals surface area contributed by atoms with Gasteiger partial charge in [-0.1, -0.05) is 23.1 Å². The van der Waals surface area contributed by atoms with Gasteiger partial charge in [-0.05, 0) is 26.2 Å². The molecule has 0 amide bonds. The Labute approximate surface area is 103 Å². The molecule has 1 aromatic rings. The SMILES string of the molecule is Cc1nnc(SCCC(C#N)NC2CC2)s1. The second kappa shape index (κ2) is 5.62. The van der Waals surface area contributed by atoms with Crippen molar-refractivity contribution in [1.82, 2.24) is 15.5 Å². The van der Waals surface area contributed by atoms with Gasteiger partial charge in [-0.15, -0.1) is 10.2 Å². The lowest BCUT2D eigenvalue weighted by atomic mass is 10.2. The molecule has 1 aliphatic carbocycles. The van der Waals surface area contributed by atoms with Crippen LogP contribution in [0, 0.1) is 18.3 Å². The highest BCUT2D eigenvalue weighted by Gasteiger charge is 2.24. The van der Waals surface area contributed by atoms with E-state index in [0.717, 1.165) is 21.5 Å². The van der Waals surface area contributed by atoms with Gasteiger partial charge in [0.2, 0.25) is 0 Å². The van der Waals surface area contributed by atoms with Gasteiger partial charge in [0, 0.05) is 11.8 Å². The minimum absolute atomic E-state index is 0.00554. The highest BCUT2D eigenvalue weighted by molar-refractivity contribution is 8.01. The number of hydrogen-bond acceptors (Lipinski definition) is 6. The zero-order valence-corrected chi connectivity index (χ0v) is 10.8. The van der Waals surface area contributed by atoms with Gasteiger partial charge in [-0.2, -0.15) is 5.26 Å². The van der Waals surface area contributed by atoms with Crippen LogP contribution in [0.1, 0.15) is 24.3 Å². The number of nitrogens with zero attached hydrogens (tertiary/aromatic N) is 3. The average Bonchev–Trinajstić information content (AvgIpc) is 3.00. The van der Waals surface area contributed by atoms with Crippen molar-refractivity contribution in [3.8, 4) is 6.07 Å². The summed E-state index contributed by atoms with van der Waals surface area (Å²) in [5, 5.41) is 21.3. The van der Waals surface area contributed by atoms with Crippen LogP contribution in [0.25, 0.3) is 0 Å². The van der Waals surface area contributed by atoms with Crippen LogP contribution < -0.4 is 5.32 Å². The predicted molar refractivity (Wildman–Crippen MR) is 65.5 cm³/mol. The molecule has 1 aliphatic rings. The highest BCUT2D eigenvalue weighted by atomic mass is 32.2. The van der Waals surface area contributed by atoms with Crippen molar-refractivity contribution in [2.45, 2.75) is 42.6 Å². The number of rotatable bonds is 6. The summed E-state index contributed by atoms with van der Waals surface area (Å²) >= 11 is 3.30. The molecule has 0 aliphatic heterocycles. The maximum atomic E-state index is 8.96. The first kappa shape index (κ1) is 11.8. The third kappa shape index (κ3) is 3.74. The quantitative estimate of drug-likeness (QED) is 0.786. The normalized spacial score (nSPS) is 17.0. The standard InChI is InChI=1S/C10H14N4S2/c1-7-13-14-10(16-7)15-5-4-9(6-11)12-8-2-3-8/h8-9,12H,2-5H2,1H3. The van der Waals surface area contributed by atoms with Gasteiger partial charge in [-0.25, -0.2) is 0 Å². The number of aromatic nitrogens is 2. The number of thioether (sulfide) groups is 1. The topological polar surface area (TPSA) is 61.6 Å². The molecular weight excluding hydrogens is 240 g/mol. The van der Waals surface area contributed by atoms with Crippen molar-refractivity contribution < 1.29 is 0 Å². The first-order valence-corrected chi connectivity index (χ1v) is 7.16. The Bertz CT molecular complexity index is 380.